The molecule has 2 aromatic carbocycles. The van der Waals surface area contributed by atoms with Crippen LogP contribution in [0.5, 0.6) is 0 Å². The van der Waals surface area contributed by atoms with E-state index in [1.54, 1.807) is 0 Å². The SMILES string of the molecule is C=C/C=C(\C=C/CN1c2ccccc2CC1CC(=C)C(=C)CC/C=C\COCC)c1ccccc1.CC.CC. The van der Waals surface area contributed by atoms with Crippen molar-refractivity contribution in [3.05, 3.63) is 133 Å². The number of rotatable bonds is 14. The molecule has 0 saturated carbocycles. The summed E-state index contributed by atoms with van der Waals surface area (Å²) in [6.07, 6.45) is 16.5. The van der Waals surface area contributed by atoms with Crippen LogP contribution in [0, 0.1) is 0 Å². The molecule has 3 rings (SSSR count). The zero-order valence-corrected chi connectivity index (χ0v) is 25.2. The molecule has 2 heteroatoms. The lowest BCUT2D eigenvalue weighted by atomic mass is 9.96. The molecule has 0 spiro atoms. The van der Waals surface area contributed by atoms with Gasteiger partial charge < -0.3 is 9.64 Å². The van der Waals surface area contributed by atoms with Crippen LogP contribution in [-0.2, 0) is 11.2 Å². The first-order valence-electron chi connectivity index (χ1n) is 14.6. The van der Waals surface area contributed by atoms with Crippen LogP contribution in [0.25, 0.3) is 5.57 Å². The van der Waals surface area contributed by atoms with Crippen LogP contribution in [0.3, 0.4) is 0 Å². The first-order valence-corrected chi connectivity index (χ1v) is 14.6. The quantitative estimate of drug-likeness (QED) is 0.138. The van der Waals surface area contributed by atoms with Crippen molar-refractivity contribution in [1.82, 2.24) is 0 Å². The summed E-state index contributed by atoms with van der Waals surface area (Å²) in [6.45, 7) is 24.9. The van der Waals surface area contributed by atoms with Gasteiger partial charge in [0.2, 0.25) is 0 Å². The zero-order chi connectivity index (χ0) is 28.9. The average molecular weight is 526 g/mol. The van der Waals surface area contributed by atoms with Gasteiger partial charge in [0.1, 0.15) is 0 Å². The van der Waals surface area contributed by atoms with E-state index in [4.69, 9.17) is 4.74 Å². The van der Waals surface area contributed by atoms with Crippen LogP contribution >= 0.6 is 0 Å². The summed E-state index contributed by atoms with van der Waals surface area (Å²) < 4.78 is 5.36. The molecule has 1 aliphatic heterocycles. The van der Waals surface area contributed by atoms with Crippen molar-refractivity contribution >= 4 is 11.3 Å². The Morgan fingerprint density at radius 2 is 1.62 bits per heavy atom. The number of hydrogen-bond donors (Lipinski definition) is 0. The van der Waals surface area contributed by atoms with Gasteiger partial charge >= 0.3 is 0 Å². The van der Waals surface area contributed by atoms with Gasteiger partial charge in [-0.1, -0.05) is 144 Å². The molecule has 1 unspecified atom stereocenters. The van der Waals surface area contributed by atoms with E-state index in [0.717, 1.165) is 50.0 Å². The Hall–Kier alpha value is -3.36. The van der Waals surface area contributed by atoms with Gasteiger partial charge in [-0.05, 0) is 55.4 Å². The Bertz CT molecular complexity index is 1070. The fourth-order valence-corrected chi connectivity index (χ4v) is 4.49. The first kappa shape index (κ1) is 33.7. The zero-order valence-electron chi connectivity index (χ0n) is 25.2. The van der Waals surface area contributed by atoms with Gasteiger partial charge in [-0.25, -0.2) is 0 Å². The Labute approximate surface area is 239 Å². The summed E-state index contributed by atoms with van der Waals surface area (Å²) in [4.78, 5) is 2.52. The molecule has 0 aliphatic carbocycles. The lowest BCUT2D eigenvalue weighted by Crippen LogP contribution is -2.32. The molecular weight excluding hydrogens is 474 g/mol. The van der Waals surface area contributed by atoms with Crippen LogP contribution in [0.15, 0.2) is 122 Å². The molecule has 0 aromatic heterocycles. The average Bonchev–Trinajstić information content (AvgIpc) is 3.33. The second-order valence-corrected chi connectivity index (χ2v) is 8.85. The highest BCUT2D eigenvalue weighted by atomic mass is 16.5. The van der Waals surface area contributed by atoms with Crippen LogP contribution in [0.4, 0.5) is 5.69 Å². The molecule has 210 valence electrons. The highest BCUT2D eigenvalue weighted by Gasteiger charge is 2.28. The van der Waals surface area contributed by atoms with Gasteiger partial charge in [-0.2, -0.15) is 0 Å². The minimum Gasteiger partial charge on any atom is -0.378 e. The van der Waals surface area contributed by atoms with Crippen molar-refractivity contribution in [2.24, 2.45) is 0 Å². The second-order valence-electron chi connectivity index (χ2n) is 8.85. The molecule has 1 aliphatic rings. The van der Waals surface area contributed by atoms with E-state index in [2.05, 4.69) is 104 Å². The van der Waals surface area contributed by atoms with Crippen molar-refractivity contribution in [3.63, 3.8) is 0 Å². The maximum Gasteiger partial charge on any atom is 0.0647 e. The number of benzene rings is 2. The first-order chi connectivity index (χ1) is 19.1. The normalized spacial score (nSPS) is 14.3. The summed E-state index contributed by atoms with van der Waals surface area (Å²) in [5.41, 5.74) is 7.41. The van der Waals surface area contributed by atoms with E-state index >= 15 is 0 Å². The summed E-state index contributed by atoms with van der Waals surface area (Å²) in [5.74, 6) is 0. The lowest BCUT2D eigenvalue weighted by Gasteiger charge is -2.27. The smallest absolute Gasteiger partial charge is 0.0647 e. The number of nitrogens with zero attached hydrogens (tertiary/aromatic N) is 1. The Balaban J connectivity index is 0.00000181. The maximum absolute atomic E-state index is 5.36. The number of para-hydroxylation sites is 1. The molecule has 0 saturated heterocycles. The van der Waals surface area contributed by atoms with Crippen molar-refractivity contribution < 1.29 is 4.74 Å². The minimum atomic E-state index is 0.387. The second kappa shape index (κ2) is 20.6. The van der Waals surface area contributed by atoms with Gasteiger partial charge in [0.05, 0.1) is 6.61 Å². The molecule has 0 N–H and O–H groups in total. The van der Waals surface area contributed by atoms with E-state index in [1.165, 1.54) is 22.4 Å². The number of ether oxygens (including phenoxy) is 1. The van der Waals surface area contributed by atoms with Crippen molar-refractivity contribution in [3.8, 4) is 0 Å². The van der Waals surface area contributed by atoms with Crippen LogP contribution < -0.4 is 4.90 Å². The van der Waals surface area contributed by atoms with E-state index in [9.17, 15) is 0 Å². The van der Waals surface area contributed by atoms with Crippen LogP contribution in [0.1, 0.15) is 65.0 Å². The Morgan fingerprint density at radius 3 is 2.31 bits per heavy atom. The fraction of sp³-hybridized carbons (Fsp3) is 0.351. The number of anilines is 1. The maximum atomic E-state index is 5.36. The fourth-order valence-electron chi connectivity index (χ4n) is 4.49. The monoisotopic (exact) mass is 525 g/mol. The van der Waals surface area contributed by atoms with E-state index < -0.39 is 0 Å². The van der Waals surface area contributed by atoms with Crippen molar-refractivity contribution in [2.45, 2.75) is 66.3 Å². The molecule has 1 atom stereocenters. The Morgan fingerprint density at radius 1 is 0.923 bits per heavy atom. The largest absolute Gasteiger partial charge is 0.378 e. The predicted octanol–water partition coefficient (Wildman–Crippen LogP) is 10.2. The molecular formula is C37H51NO. The Kier molecular flexibility index (Phi) is 17.8. The van der Waals surface area contributed by atoms with Gasteiger partial charge in [0.25, 0.3) is 0 Å². The molecule has 0 fully saturated rings. The van der Waals surface area contributed by atoms with Crippen LogP contribution in [0.2, 0.25) is 0 Å². The standard InChI is InChI=1S/C33H39NO.2C2H6/c1-5-16-29(30-18-10-7-11-19-30)21-15-23-34-32(26-31-20-12-13-22-33(31)34)25-28(4)27(3)17-9-8-14-24-35-6-2;2*1-2/h5,7-8,10-16,18-22,32H,1,3-4,6,9,17,23-26H2,2H3;2*1-2H3/b14-8-,21-15-,29-16+;;. The molecule has 2 aromatic rings. The minimum absolute atomic E-state index is 0.387. The molecule has 39 heavy (non-hydrogen) atoms. The molecule has 0 amide bonds. The summed E-state index contributed by atoms with van der Waals surface area (Å²) in [7, 11) is 0. The third-order valence-electron chi connectivity index (χ3n) is 6.38. The summed E-state index contributed by atoms with van der Waals surface area (Å²) >= 11 is 0. The number of hydrogen-bond acceptors (Lipinski definition) is 2. The van der Waals surface area contributed by atoms with Gasteiger partial charge in [-0.15, -0.1) is 0 Å². The topological polar surface area (TPSA) is 12.5 Å². The molecule has 0 radical (unpaired) electrons. The number of fused-ring (bicyclic) bond motifs is 1. The highest BCUT2D eigenvalue weighted by Crippen LogP contribution is 2.35. The van der Waals surface area contributed by atoms with Crippen molar-refractivity contribution in [1.29, 1.82) is 0 Å². The predicted molar refractivity (Wildman–Crippen MR) is 175 cm³/mol. The van der Waals surface area contributed by atoms with Crippen molar-refractivity contribution in [2.75, 3.05) is 24.7 Å². The summed E-state index contributed by atoms with van der Waals surface area (Å²) in [5, 5.41) is 0. The van der Waals surface area contributed by atoms with E-state index in [-0.39, 0.29) is 0 Å². The van der Waals surface area contributed by atoms with E-state index in [1.807, 2.05) is 46.8 Å². The third kappa shape index (κ3) is 11.5. The van der Waals surface area contributed by atoms with Gasteiger partial charge in [-0.3, -0.25) is 0 Å². The summed E-state index contributed by atoms with van der Waals surface area (Å²) in [6, 6.07) is 19.6. The lowest BCUT2D eigenvalue weighted by molar-refractivity contribution is 0.177. The van der Waals surface area contributed by atoms with Gasteiger partial charge in [0, 0.05) is 24.9 Å². The molecule has 0 bridgehead atoms. The molecule has 1 heterocycles. The third-order valence-corrected chi connectivity index (χ3v) is 6.38. The van der Waals surface area contributed by atoms with E-state index in [0.29, 0.717) is 12.6 Å². The van der Waals surface area contributed by atoms with Crippen LogP contribution in [-0.4, -0.2) is 25.8 Å². The van der Waals surface area contributed by atoms with Gasteiger partial charge in [0.15, 0.2) is 0 Å². The number of allylic oxidation sites excluding steroid dienone is 6. The molecule has 2 nitrogen and oxygen atoms in total. The highest BCUT2D eigenvalue weighted by molar-refractivity contribution is 5.75.